The summed E-state index contributed by atoms with van der Waals surface area (Å²) in [7, 11) is 1.65. The van der Waals surface area contributed by atoms with Crippen LogP contribution in [-0.4, -0.2) is 57.9 Å². The number of urea groups is 1. The number of rotatable bonds is 8. The van der Waals surface area contributed by atoms with Gasteiger partial charge in [-0.3, -0.25) is 0 Å². The summed E-state index contributed by atoms with van der Waals surface area (Å²) in [5.74, 6) is 1.89. The molecule has 3 aromatic carbocycles. The van der Waals surface area contributed by atoms with E-state index in [0.29, 0.717) is 16.7 Å². The maximum absolute atomic E-state index is 12.9. The molecule has 2 amide bonds. The number of hydrogen-bond acceptors (Lipinski definition) is 6. The predicted octanol–water partition coefficient (Wildman–Crippen LogP) is 8.26. The quantitative estimate of drug-likeness (QED) is 0.177. The second-order valence-electron chi connectivity index (χ2n) is 10.9. The monoisotopic (exact) mass is 650 g/mol. The van der Waals surface area contributed by atoms with Crippen molar-refractivity contribution >= 4 is 34.9 Å². The fourth-order valence-electron chi connectivity index (χ4n) is 4.87. The van der Waals surface area contributed by atoms with Gasteiger partial charge in [0, 0.05) is 35.7 Å². The highest BCUT2D eigenvalue weighted by Crippen LogP contribution is 2.35. The number of thioether (sulfide) groups is 1. The van der Waals surface area contributed by atoms with Gasteiger partial charge in [0.25, 0.3) is 0 Å². The van der Waals surface area contributed by atoms with Crippen molar-refractivity contribution in [2.45, 2.75) is 45.4 Å². The highest BCUT2D eigenvalue weighted by atomic mass is 32.2. The molecule has 0 N–H and O–H groups in total. The van der Waals surface area contributed by atoms with Crippen molar-refractivity contribution in [3.8, 4) is 28.6 Å². The molecule has 9 nitrogen and oxygen atoms in total. The van der Waals surface area contributed by atoms with E-state index in [2.05, 4.69) is 43.6 Å². The molecule has 0 aliphatic carbocycles. The summed E-state index contributed by atoms with van der Waals surface area (Å²) in [6.07, 6.45) is -0.713. The van der Waals surface area contributed by atoms with E-state index < -0.39 is 12.4 Å². The van der Waals surface area contributed by atoms with E-state index in [1.807, 2.05) is 49.4 Å². The summed E-state index contributed by atoms with van der Waals surface area (Å²) in [5, 5.41) is 5.07. The highest BCUT2D eigenvalue weighted by Gasteiger charge is 2.31. The summed E-state index contributed by atoms with van der Waals surface area (Å²) >= 11 is 1.55. The average molecular weight is 651 g/mol. The van der Waals surface area contributed by atoms with Gasteiger partial charge in [-0.1, -0.05) is 56.8 Å². The molecule has 4 aromatic rings. The Morgan fingerprint density at radius 1 is 1.02 bits per heavy atom. The predicted molar refractivity (Wildman–Crippen MR) is 175 cm³/mol. The number of halogens is 3. The van der Waals surface area contributed by atoms with Crippen LogP contribution in [0.5, 0.6) is 11.5 Å². The minimum atomic E-state index is -4.76. The number of carbonyl (C=O) groups is 1. The number of ether oxygens (including phenoxy) is 2. The van der Waals surface area contributed by atoms with Crippen LogP contribution in [0.2, 0.25) is 0 Å². The first kappa shape index (κ1) is 32.7. The Balaban J connectivity index is 1.24. The van der Waals surface area contributed by atoms with Crippen molar-refractivity contribution in [3.05, 3.63) is 84.2 Å². The van der Waals surface area contributed by atoms with Crippen LogP contribution in [0, 0.1) is 0 Å². The second kappa shape index (κ2) is 14.2. The average Bonchev–Trinajstić information content (AvgIpc) is 3.54. The van der Waals surface area contributed by atoms with Gasteiger partial charge >= 0.3 is 12.4 Å². The number of carbonyl (C=O) groups excluding carboxylic acids is 1. The maximum Gasteiger partial charge on any atom is 0.573 e. The van der Waals surface area contributed by atoms with Crippen LogP contribution in [0.4, 0.5) is 23.7 Å². The Hall–Kier alpha value is -4.65. The van der Waals surface area contributed by atoms with Gasteiger partial charge in [0.2, 0.25) is 0 Å². The minimum Gasteiger partial charge on any atom is -0.497 e. The van der Waals surface area contributed by atoms with Crippen LogP contribution < -0.4 is 14.4 Å². The van der Waals surface area contributed by atoms with E-state index in [4.69, 9.17) is 4.74 Å². The lowest BCUT2D eigenvalue weighted by Crippen LogP contribution is -2.35. The van der Waals surface area contributed by atoms with Crippen LogP contribution in [0.3, 0.4) is 0 Å². The van der Waals surface area contributed by atoms with E-state index in [9.17, 15) is 18.0 Å². The van der Waals surface area contributed by atoms with Gasteiger partial charge < -0.3 is 14.4 Å². The number of hydrogen-bond donors (Lipinski definition) is 0. The molecule has 0 spiro atoms. The standard InChI is InChI=1S/C33H33F3N6O3S/c1-21(2)28-18-27(44-4)14-15-29(28)41-16-5-17-46-32(41)39-31(43)37-19-22(3)23-6-8-24(9-7-23)30-38-20-42(40-30)25-10-12-26(13-11-25)45-33(34,35)36/h6-15,18-22H,5,16-17H2,1-4H3. The van der Waals surface area contributed by atoms with Crippen molar-refractivity contribution in [3.63, 3.8) is 0 Å². The first-order chi connectivity index (χ1) is 22.0. The summed E-state index contributed by atoms with van der Waals surface area (Å²) in [6, 6.07) is 18.3. The summed E-state index contributed by atoms with van der Waals surface area (Å²) in [5.41, 5.74) is 4.35. The lowest BCUT2D eigenvalue weighted by molar-refractivity contribution is -0.274. The number of aliphatic imine (C=N–C) groups is 2. The molecule has 0 bridgehead atoms. The molecular formula is C33H33F3N6O3S. The Bertz CT molecular complexity index is 1720. The second-order valence-corrected chi connectivity index (χ2v) is 11.9. The number of alkyl halides is 3. The van der Waals surface area contributed by atoms with E-state index >= 15 is 0 Å². The Morgan fingerprint density at radius 3 is 2.41 bits per heavy atom. The number of amidine groups is 1. The topological polar surface area (TPSA) is 94.2 Å². The molecule has 0 radical (unpaired) electrons. The van der Waals surface area contributed by atoms with Gasteiger partial charge in [-0.05, 0) is 65.9 Å². The largest absolute Gasteiger partial charge is 0.573 e. The van der Waals surface area contributed by atoms with E-state index in [-0.39, 0.29) is 17.6 Å². The van der Waals surface area contributed by atoms with Crippen molar-refractivity contribution < 1.29 is 27.4 Å². The molecule has 240 valence electrons. The molecule has 5 rings (SSSR count). The third-order valence-corrected chi connectivity index (χ3v) is 8.32. The van der Waals surface area contributed by atoms with Crippen molar-refractivity contribution in [2.24, 2.45) is 9.98 Å². The highest BCUT2D eigenvalue weighted by molar-refractivity contribution is 8.14. The molecular weight excluding hydrogens is 617 g/mol. The third-order valence-electron chi connectivity index (χ3n) is 7.26. The van der Waals surface area contributed by atoms with Crippen molar-refractivity contribution in [1.29, 1.82) is 0 Å². The Labute approximate surface area is 269 Å². The SMILES string of the molecule is COc1ccc(N2CCCSC2=NC(=O)N=CC(C)c2ccc(-c3ncn(-c4ccc(OC(F)(F)F)cc4)n3)cc2)c(C(C)C)c1. The number of methoxy groups -OCH3 is 1. The van der Waals surface area contributed by atoms with Crippen LogP contribution in [0.1, 0.15) is 50.2 Å². The zero-order valence-corrected chi connectivity index (χ0v) is 26.5. The van der Waals surface area contributed by atoms with Gasteiger partial charge in [-0.25, -0.2) is 19.5 Å². The molecule has 1 aliphatic rings. The Morgan fingerprint density at radius 2 is 1.74 bits per heavy atom. The molecule has 2 heterocycles. The summed E-state index contributed by atoms with van der Waals surface area (Å²) in [6.45, 7) is 6.95. The van der Waals surface area contributed by atoms with Crippen molar-refractivity contribution in [2.75, 3.05) is 24.3 Å². The van der Waals surface area contributed by atoms with Gasteiger partial charge in [-0.2, -0.15) is 4.99 Å². The van der Waals surface area contributed by atoms with Gasteiger partial charge in [0.05, 0.1) is 12.8 Å². The summed E-state index contributed by atoms with van der Waals surface area (Å²) < 4.78 is 48.1. The number of nitrogens with zero attached hydrogens (tertiary/aromatic N) is 6. The maximum atomic E-state index is 12.9. The van der Waals surface area contributed by atoms with Crippen molar-refractivity contribution in [1.82, 2.24) is 14.8 Å². The minimum absolute atomic E-state index is 0.162. The first-order valence-corrected chi connectivity index (χ1v) is 15.6. The first-order valence-electron chi connectivity index (χ1n) is 14.6. The van der Waals surface area contributed by atoms with E-state index in [1.165, 1.54) is 35.3 Å². The fourth-order valence-corrected chi connectivity index (χ4v) is 5.82. The molecule has 1 aliphatic heterocycles. The normalized spacial score (nSPS) is 15.5. The molecule has 1 unspecified atom stereocenters. The number of amides is 2. The van der Waals surface area contributed by atoms with Crippen LogP contribution in [0.25, 0.3) is 17.1 Å². The smallest absolute Gasteiger partial charge is 0.497 e. The van der Waals surface area contributed by atoms with Crippen LogP contribution in [0.15, 0.2) is 83.0 Å². The number of aromatic nitrogens is 3. The van der Waals surface area contributed by atoms with E-state index in [1.54, 1.807) is 25.1 Å². The zero-order valence-electron chi connectivity index (χ0n) is 25.7. The van der Waals surface area contributed by atoms with Gasteiger partial charge in [-0.15, -0.1) is 18.3 Å². The van der Waals surface area contributed by atoms with Crippen LogP contribution >= 0.6 is 11.8 Å². The van der Waals surface area contributed by atoms with Crippen LogP contribution in [-0.2, 0) is 0 Å². The number of benzene rings is 3. The zero-order chi connectivity index (χ0) is 32.8. The molecule has 46 heavy (non-hydrogen) atoms. The lowest BCUT2D eigenvalue weighted by atomic mass is 10.00. The summed E-state index contributed by atoms with van der Waals surface area (Å²) in [4.78, 5) is 27.8. The third kappa shape index (κ3) is 8.13. The molecule has 1 atom stereocenters. The number of anilines is 1. The fraction of sp³-hybridized carbons (Fsp3) is 0.303. The Kier molecular flexibility index (Phi) is 10.1. The molecule has 0 saturated carbocycles. The molecule has 1 aromatic heterocycles. The van der Waals surface area contributed by atoms with Gasteiger partial charge in [0.15, 0.2) is 11.0 Å². The van der Waals surface area contributed by atoms with Gasteiger partial charge in [0.1, 0.15) is 17.8 Å². The molecule has 1 saturated heterocycles. The van der Waals surface area contributed by atoms with E-state index in [0.717, 1.165) is 46.8 Å². The molecule has 13 heteroatoms. The molecule has 1 fully saturated rings. The lowest BCUT2D eigenvalue weighted by Gasteiger charge is -2.32.